The minimum atomic E-state index is -1.26. The molecule has 2 aromatic rings. The van der Waals surface area contributed by atoms with Crippen LogP contribution in [0.1, 0.15) is 42.6 Å². The average molecular weight is 398 g/mol. The summed E-state index contributed by atoms with van der Waals surface area (Å²) in [6.45, 7) is 4.53. The van der Waals surface area contributed by atoms with E-state index in [-0.39, 0.29) is 12.6 Å². The van der Waals surface area contributed by atoms with E-state index in [2.05, 4.69) is 11.8 Å². The van der Waals surface area contributed by atoms with Gasteiger partial charge in [0.2, 0.25) is 0 Å². The third-order valence-corrected chi connectivity index (χ3v) is 5.05. The van der Waals surface area contributed by atoms with Gasteiger partial charge in [-0.15, -0.1) is 0 Å². The number of piperidine rings is 1. The maximum absolute atomic E-state index is 12.6. The molecule has 4 nitrogen and oxygen atoms in total. The number of ether oxygens (including phenoxy) is 1. The molecule has 2 atom stereocenters. The van der Waals surface area contributed by atoms with E-state index in [1.807, 2.05) is 50.2 Å². The third-order valence-electron chi connectivity index (χ3n) is 4.82. The van der Waals surface area contributed by atoms with Gasteiger partial charge in [0, 0.05) is 17.1 Å². The van der Waals surface area contributed by atoms with Crippen molar-refractivity contribution in [3.8, 4) is 11.8 Å². The highest BCUT2D eigenvalue weighted by molar-refractivity contribution is 6.30. The first-order valence-corrected chi connectivity index (χ1v) is 9.76. The molecule has 2 unspecified atom stereocenters. The molecule has 146 valence electrons. The van der Waals surface area contributed by atoms with Crippen LogP contribution in [0.5, 0.6) is 0 Å². The molecule has 1 N–H and O–H groups in total. The molecule has 0 aliphatic carbocycles. The lowest BCUT2D eigenvalue weighted by atomic mass is 9.93. The Hall–Kier alpha value is -2.48. The van der Waals surface area contributed by atoms with Gasteiger partial charge in [-0.05, 0) is 50.5 Å². The van der Waals surface area contributed by atoms with Crippen LogP contribution in [-0.2, 0) is 4.74 Å². The molecule has 1 fully saturated rings. The van der Waals surface area contributed by atoms with Crippen molar-refractivity contribution in [1.82, 2.24) is 4.90 Å². The lowest BCUT2D eigenvalue weighted by molar-refractivity contribution is 0.00189. The van der Waals surface area contributed by atoms with Gasteiger partial charge in [0.15, 0.2) is 0 Å². The maximum atomic E-state index is 12.6. The van der Waals surface area contributed by atoms with Crippen LogP contribution in [-0.4, -0.2) is 34.8 Å². The molecule has 1 amide bonds. The Morgan fingerprint density at radius 2 is 2.04 bits per heavy atom. The van der Waals surface area contributed by atoms with E-state index in [1.165, 1.54) is 4.90 Å². The van der Waals surface area contributed by atoms with E-state index in [0.29, 0.717) is 24.4 Å². The quantitative estimate of drug-likeness (QED) is 0.745. The van der Waals surface area contributed by atoms with E-state index in [4.69, 9.17) is 16.3 Å². The Labute approximate surface area is 171 Å². The Morgan fingerprint density at radius 3 is 2.75 bits per heavy atom. The SMILES string of the molecule is Cc1ccc(C(C)OC(=O)N2CCCC(O)(C#Cc3cccc(Cl)c3)C2)cc1. The van der Waals surface area contributed by atoms with E-state index in [9.17, 15) is 9.90 Å². The zero-order chi connectivity index (χ0) is 20.1. The summed E-state index contributed by atoms with van der Waals surface area (Å²) in [7, 11) is 0. The summed E-state index contributed by atoms with van der Waals surface area (Å²) in [5.41, 5.74) is 1.56. The zero-order valence-corrected chi connectivity index (χ0v) is 16.9. The number of carbonyl (C=O) groups excluding carboxylic acids is 1. The standard InChI is InChI=1S/C23H24ClNO3/c1-17-7-9-20(10-8-17)18(2)28-22(26)25-14-4-12-23(27,16-25)13-11-19-5-3-6-21(24)15-19/h3,5-10,15,18,27H,4,12,14,16H2,1-2H3. The molecular weight excluding hydrogens is 374 g/mol. The fourth-order valence-corrected chi connectivity index (χ4v) is 3.37. The molecule has 1 saturated heterocycles. The Balaban J connectivity index is 1.65. The summed E-state index contributed by atoms with van der Waals surface area (Å²) in [5.74, 6) is 5.88. The van der Waals surface area contributed by atoms with Crippen LogP contribution < -0.4 is 0 Å². The maximum Gasteiger partial charge on any atom is 0.410 e. The summed E-state index contributed by atoms with van der Waals surface area (Å²) in [5, 5.41) is 11.4. The van der Waals surface area contributed by atoms with Crippen molar-refractivity contribution < 1.29 is 14.6 Å². The largest absolute Gasteiger partial charge is 0.442 e. The van der Waals surface area contributed by atoms with Gasteiger partial charge in [0.05, 0.1) is 6.54 Å². The smallest absolute Gasteiger partial charge is 0.410 e. The predicted octanol–water partition coefficient (Wildman–Crippen LogP) is 4.72. The number of aliphatic hydroxyl groups is 1. The van der Waals surface area contributed by atoms with Gasteiger partial charge in [-0.2, -0.15) is 0 Å². The summed E-state index contributed by atoms with van der Waals surface area (Å²) in [4.78, 5) is 14.1. The van der Waals surface area contributed by atoms with Crippen molar-refractivity contribution in [2.45, 2.75) is 38.4 Å². The number of hydrogen-bond acceptors (Lipinski definition) is 3. The van der Waals surface area contributed by atoms with Crippen LogP contribution >= 0.6 is 11.6 Å². The van der Waals surface area contributed by atoms with Crippen LogP contribution in [0.4, 0.5) is 4.79 Å². The van der Waals surface area contributed by atoms with Crippen molar-refractivity contribution >= 4 is 17.7 Å². The highest BCUT2D eigenvalue weighted by atomic mass is 35.5. The topological polar surface area (TPSA) is 49.8 Å². The number of nitrogens with zero attached hydrogens (tertiary/aromatic N) is 1. The lowest BCUT2D eigenvalue weighted by Gasteiger charge is -2.35. The molecule has 0 saturated carbocycles. The second-order valence-corrected chi connectivity index (χ2v) is 7.69. The van der Waals surface area contributed by atoms with E-state index >= 15 is 0 Å². The minimum absolute atomic E-state index is 0.125. The van der Waals surface area contributed by atoms with Crippen LogP contribution in [0.15, 0.2) is 48.5 Å². The molecule has 5 heteroatoms. The number of hydrogen-bond donors (Lipinski definition) is 1. The normalized spacial score (nSPS) is 20.1. The average Bonchev–Trinajstić information content (AvgIpc) is 2.67. The summed E-state index contributed by atoms with van der Waals surface area (Å²) >= 11 is 5.97. The number of likely N-dealkylation sites (tertiary alicyclic amines) is 1. The zero-order valence-electron chi connectivity index (χ0n) is 16.1. The van der Waals surface area contributed by atoms with Crippen molar-refractivity contribution in [2.75, 3.05) is 13.1 Å². The van der Waals surface area contributed by atoms with Gasteiger partial charge in [-0.25, -0.2) is 4.79 Å². The molecule has 2 aromatic carbocycles. The lowest BCUT2D eigenvalue weighted by Crippen LogP contribution is -2.49. The first-order chi connectivity index (χ1) is 13.3. The fraction of sp³-hybridized carbons (Fsp3) is 0.348. The van der Waals surface area contributed by atoms with Gasteiger partial charge in [0.25, 0.3) is 0 Å². The van der Waals surface area contributed by atoms with Crippen LogP contribution in [0.25, 0.3) is 0 Å². The van der Waals surface area contributed by atoms with Gasteiger partial charge in [0.1, 0.15) is 11.7 Å². The van der Waals surface area contributed by atoms with Crippen molar-refractivity contribution in [2.24, 2.45) is 0 Å². The van der Waals surface area contributed by atoms with Crippen LogP contribution in [0.2, 0.25) is 5.02 Å². The summed E-state index contributed by atoms with van der Waals surface area (Å²) < 4.78 is 5.60. The number of carbonyl (C=O) groups is 1. The van der Waals surface area contributed by atoms with E-state index in [0.717, 1.165) is 16.7 Å². The molecule has 0 spiro atoms. The van der Waals surface area contributed by atoms with Crippen molar-refractivity contribution in [3.63, 3.8) is 0 Å². The van der Waals surface area contributed by atoms with Crippen molar-refractivity contribution in [3.05, 3.63) is 70.2 Å². The highest BCUT2D eigenvalue weighted by Gasteiger charge is 2.35. The molecule has 0 bridgehead atoms. The minimum Gasteiger partial charge on any atom is -0.442 e. The molecule has 1 heterocycles. The van der Waals surface area contributed by atoms with Gasteiger partial charge >= 0.3 is 6.09 Å². The Morgan fingerprint density at radius 1 is 1.29 bits per heavy atom. The monoisotopic (exact) mass is 397 g/mol. The van der Waals surface area contributed by atoms with E-state index in [1.54, 1.807) is 12.1 Å². The molecular formula is C23H24ClNO3. The molecule has 1 aliphatic rings. The van der Waals surface area contributed by atoms with Crippen molar-refractivity contribution in [1.29, 1.82) is 0 Å². The number of rotatable bonds is 2. The first-order valence-electron chi connectivity index (χ1n) is 9.38. The molecule has 0 radical (unpaired) electrons. The van der Waals surface area contributed by atoms with Gasteiger partial charge in [-0.1, -0.05) is 59.3 Å². The fourth-order valence-electron chi connectivity index (χ4n) is 3.18. The number of benzene rings is 2. The van der Waals surface area contributed by atoms with Gasteiger partial charge in [-0.3, -0.25) is 0 Å². The number of halogens is 1. The Kier molecular flexibility index (Phi) is 6.28. The number of aryl methyl sites for hydroxylation is 1. The van der Waals surface area contributed by atoms with Gasteiger partial charge < -0.3 is 14.7 Å². The van der Waals surface area contributed by atoms with E-state index < -0.39 is 11.7 Å². The molecule has 3 rings (SSSR count). The number of β-amino-alcohol motifs (C(OH)–C–C–N with tert-alkyl or cyclic N) is 1. The first kappa shape index (κ1) is 20.3. The number of amides is 1. The van der Waals surface area contributed by atoms with Crippen LogP contribution in [0.3, 0.4) is 0 Å². The predicted molar refractivity (Wildman–Crippen MR) is 110 cm³/mol. The second-order valence-electron chi connectivity index (χ2n) is 7.25. The molecule has 1 aliphatic heterocycles. The molecule has 0 aromatic heterocycles. The summed E-state index contributed by atoms with van der Waals surface area (Å²) in [6, 6.07) is 15.1. The second kappa shape index (κ2) is 8.68. The highest BCUT2D eigenvalue weighted by Crippen LogP contribution is 2.24. The third kappa shape index (κ3) is 5.28. The molecule has 28 heavy (non-hydrogen) atoms. The summed E-state index contributed by atoms with van der Waals surface area (Å²) in [6.07, 6.45) is 0.378. The Bertz CT molecular complexity index is 900. The van der Waals surface area contributed by atoms with Crippen LogP contribution in [0, 0.1) is 18.8 Å².